The van der Waals surface area contributed by atoms with Crippen LogP contribution in [0.2, 0.25) is 10.0 Å². The van der Waals surface area contributed by atoms with E-state index in [1.165, 1.54) is 109 Å². The Kier molecular flexibility index (Phi) is 13.9. The Morgan fingerprint density at radius 2 is 0.886 bits per heavy atom. The van der Waals surface area contributed by atoms with Gasteiger partial charge in [-0.2, -0.15) is 10.2 Å². The van der Waals surface area contributed by atoms with Crippen molar-refractivity contribution in [3.05, 3.63) is 155 Å². The lowest BCUT2D eigenvalue weighted by Gasteiger charge is -2.21. The number of hydrazone groups is 2. The number of hydrogen-bond acceptors (Lipinski definition) is 10. The van der Waals surface area contributed by atoms with Crippen molar-refractivity contribution in [2.75, 3.05) is 33.8 Å². The van der Waals surface area contributed by atoms with Crippen LogP contribution >= 0.6 is 23.2 Å². The van der Waals surface area contributed by atoms with Crippen LogP contribution in [0.1, 0.15) is 12.8 Å². The highest BCUT2D eigenvalue weighted by Gasteiger charge is 2.44. The lowest BCUT2D eigenvalue weighted by atomic mass is 10.0. The van der Waals surface area contributed by atoms with Crippen LogP contribution in [0.15, 0.2) is 153 Å². The molecule has 0 aliphatic carbocycles. The highest BCUT2D eigenvalue weighted by molar-refractivity contribution is 7.91. The number of nitrogens with zero attached hydrogens (tertiary/aromatic N) is 4. The Labute approximate surface area is 409 Å². The van der Waals surface area contributed by atoms with Gasteiger partial charge in [0, 0.05) is 57.9 Å². The SMILES string of the molecule is CS(=O)(=O)c1ccccc1-c1ccc(NC(=O)C2CC(C3=NN(C(=O)Nc4ccc(Cl)cc4)C(C(=O)Nc4ccc(-c5ccccc5S(C)(=O)=O)cc4F)C3)=NN2C(=O)Nc2ccc(Cl)cc2)c(F)c1. The molecule has 2 atom stereocenters. The lowest BCUT2D eigenvalue weighted by Crippen LogP contribution is -2.44. The molecule has 16 nitrogen and oxygen atoms in total. The second kappa shape index (κ2) is 19.8. The second-order valence-corrected chi connectivity index (χ2v) is 20.8. The minimum absolute atomic E-state index is 0.0146. The molecule has 2 aliphatic heterocycles. The second-order valence-electron chi connectivity index (χ2n) is 16.0. The van der Waals surface area contributed by atoms with Gasteiger partial charge in [0.25, 0.3) is 0 Å². The fourth-order valence-electron chi connectivity index (χ4n) is 7.64. The van der Waals surface area contributed by atoms with Gasteiger partial charge in [-0.25, -0.2) is 45.2 Å². The van der Waals surface area contributed by atoms with Crippen LogP contribution in [-0.2, 0) is 29.3 Å². The van der Waals surface area contributed by atoms with Crippen LogP contribution in [0.5, 0.6) is 0 Å². The van der Waals surface area contributed by atoms with E-state index in [1.54, 1.807) is 12.1 Å². The van der Waals surface area contributed by atoms with Crippen molar-refractivity contribution in [3.63, 3.8) is 0 Å². The van der Waals surface area contributed by atoms with Gasteiger partial charge < -0.3 is 21.3 Å². The van der Waals surface area contributed by atoms with Crippen molar-refractivity contribution in [2.24, 2.45) is 10.2 Å². The minimum atomic E-state index is -3.70. The summed E-state index contributed by atoms with van der Waals surface area (Å²) < 4.78 is 81.5. The number of nitrogens with one attached hydrogen (secondary N) is 4. The molecule has 4 N–H and O–H groups in total. The molecule has 70 heavy (non-hydrogen) atoms. The third-order valence-electron chi connectivity index (χ3n) is 11.0. The summed E-state index contributed by atoms with van der Waals surface area (Å²) in [5, 5.41) is 21.5. The van der Waals surface area contributed by atoms with Crippen molar-refractivity contribution in [1.82, 2.24) is 10.0 Å². The Morgan fingerprint density at radius 3 is 1.23 bits per heavy atom. The average Bonchev–Trinajstić information content (AvgIpc) is 3.98. The molecule has 2 unspecified atom stereocenters. The van der Waals surface area contributed by atoms with Crippen LogP contribution in [0, 0.1) is 11.6 Å². The fraction of sp³-hybridized carbons (Fsp3) is 0.125. The number of carbonyl (C=O) groups is 4. The van der Waals surface area contributed by atoms with E-state index in [9.17, 15) is 36.0 Å². The number of sulfone groups is 2. The molecule has 0 radical (unpaired) electrons. The van der Waals surface area contributed by atoms with Gasteiger partial charge >= 0.3 is 12.1 Å². The third-order valence-corrected chi connectivity index (χ3v) is 13.8. The molecule has 0 spiro atoms. The van der Waals surface area contributed by atoms with E-state index in [4.69, 9.17) is 23.2 Å². The zero-order chi connectivity index (χ0) is 50.1. The average molecular weight is 1030 g/mol. The maximum atomic E-state index is 15.8. The topological polar surface area (TPSA) is 216 Å². The van der Waals surface area contributed by atoms with Crippen molar-refractivity contribution in [3.8, 4) is 22.3 Å². The minimum Gasteiger partial charge on any atom is -0.322 e. The van der Waals surface area contributed by atoms with Gasteiger partial charge in [0.2, 0.25) is 11.8 Å². The number of amides is 6. The highest BCUT2D eigenvalue weighted by atomic mass is 35.5. The molecule has 0 saturated heterocycles. The molecule has 6 aromatic carbocycles. The molecule has 2 heterocycles. The van der Waals surface area contributed by atoms with Crippen LogP contribution < -0.4 is 21.3 Å². The standard InChI is InChI=1S/C48H38Cl2F2N8O8S2/c1-69(65,66)43-9-5-3-7-33(43)27-11-21-37(35(51)23-27)55-45(61)41-25-39(57-59(41)47(63)53-31-17-13-29(49)14-18-31)40-26-42(60(58-40)48(64)54-32-19-15-30(50)16-20-32)46(62)56-38-22-12-28(24-36(38)52)34-8-4-6-10-44(34)70(2,67)68/h3-24,41-42H,25-26H2,1-2H3,(H,53,63)(H,54,64)(H,55,61)(H,56,62). The number of urea groups is 2. The molecule has 0 saturated carbocycles. The number of benzene rings is 6. The maximum absolute atomic E-state index is 15.8. The molecule has 6 amide bonds. The molecule has 0 bridgehead atoms. The highest BCUT2D eigenvalue weighted by Crippen LogP contribution is 2.33. The van der Waals surface area contributed by atoms with Gasteiger partial charge in [0.1, 0.15) is 23.7 Å². The first kappa shape index (κ1) is 48.9. The number of hydrogen-bond donors (Lipinski definition) is 4. The molecule has 8 rings (SSSR count). The van der Waals surface area contributed by atoms with E-state index in [0.29, 0.717) is 10.0 Å². The molecular weight excluding hydrogens is 990 g/mol. The fourth-order valence-corrected chi connectivity index (χ4v) is 9.71. The third kappa shape index (κ3) is 10.8. The molecule has 6 aromatic rings. The van der Waals surface area contributed by atoms with Crippen molar-refractivity contribution in [2.45, 2.75) is 34.7 Å². The first-order valence-corrected chi connectivity index (χ1v) is 25.4. The summed E-state index contributed by atoms with van der Waals surface area (Å²) in [4.78, 5) is 56.1. The van der Waals surface area contributed by atoms with Crippen molar-refractivity contribution < 1.29 is 44.8 Å². The summed E-state index contributed by atoms with van der Waals surface area (Å²) in [5.74, 6) is -3.66. The summed E-state index contributed by atoms with van der Waals surface area (Å²) >= 11 is 12.1. The first-order valence-electron chi connectivity index (χ1n) is 20.9. The van der Waals surface area contributed by atoms with Gasteiger partial charge in [-0.15, -0.1) is 0 Å². The summed E-state index contributed by atoms with van der Waals surface area (Å²) in [5.41, 5.74) is 0.789. The molecule has 358 valence electrons. The van der Waals surface area contributed by atoms with Crippen LogP contribution in [-0.4, -0.2) is 86.7 Å². The van der Waals surface area contributed by atoms with Gasteiger partial charge in [-0.05, 0) is 96.1 Å². The lowest BCUT2D eigenvalue weighted by molar-refractivity contribution is -0.120. The monoisotopic (exact) mass is 1030 g/mol. The molecular formula is C48H38Cl2F2N8O8S2. The van der Waals surface area contributed by atoms with E-state index in [2.05, 4.69) is 31.5 Å². The Bertz CT molecular complexity index is 3170. The quantitative estimate of drug-likeness (QED) is 0.0978. The summed E-state index contributed by atoms with van der Waals surface area (Å²) in [6, 6.07) is 26.8. The Hall–Kier alpha value is -7.52. The number of anilines is 4. The number of rotatable bonds is 11. The Balaban J connectivity index is 1.08. The van der Waals surface area contributed by atoms with E-state index in [-0.39, 0.29) is 79.1 Å². The van der Waals surface area contributed by atoms with Crippen LogP contribution in [0.25, 0.3) is 22.3 Å². The summed E-state index contributed by atoms with van der Waals surface area (Å²) in [6.07, 6.45) is 1.34. The van der Waals surface area contributed by atoms with E-state index in [1.807, 2.05) is 0 Å². The van der Waals surface area contributed by atoms with Gasteiger partial charge in [0.15, 0.2) is 19.7 Å². The maximum Gasteiger partial charge on any atom is 0.343 e. The van der Waals surface area contributed by atoms with Gasteiger partial charge in [-0.3, -0.25) is 9.59 Å². The predicted octanol–water partition coefficient (Wildman–Crippen LogP) is 9.31. The molecule has 22 heteroatoms. The van der Waals surface area contributed by atoms with Crippen LogP contribution in [0.4, 0.5) is 41.1 Å². The van der Waals surface area contributed by atoms with Crippen molar-refractivity contribution >= 4 is 101 Å². The summed E-state index contributed by atoms with van der Waals surface area (Å²) in [7, 11) is -7.39. The number of halogens is 4. The van der Waals surface area contributed by atoms with Crippen LogP contribution in [0.3, 0.4) is 0 Å². The van der Waals surface area contributed by atoms with E-state index < -0.39 is 67.3 Å². The normalized spacial score (nSPS) is 15.7. The first-order chi connectivity index (χ1) is 33.2. The zero-order valence-electron chi connectivity index (χ0n) is 36.7. The van der Waals surface area contributed by atoms with Gasteiger partial charge in [0.05, 0.1) is 32.6 Å². The summed E-state index contributed by atoms with van der Waals surface area (Å²) in [6.45, 7) is 0. The van der Waals surface area contributed by atoms with E-state index >= 15 is 8.78 Å². The number of carbonyl (C=O) groups excluding carboxylic acids is 4. The van der Waals surface area contributed by atoms with Gasteiger partial charge in [-0.1, -0.05) is 71.7 Å². The van der Waals surface area contributed by atoms with E-state index in [0.717, 1.165) is 34.7 Å². The Morgan fingerprint density at radius 1 is 0.529 bits per heavy atom. The molecule has 0 fully saturated rings. The molecule has 0 aromatic heterocycles. The molecule has 2 aliphatic rings. The predicted molar refractivity (Wildman–Crippen MR) is 263 cm³/mol. The zero-order valence-corrected chi connectivity index (χ0v) is 39.8. The van der Waals surface area contributed by atoms with Crippen molar-refractivity contribution in [1.29, 1.82) is 0 Å². The smallest absolute Gasteiger partial charge is 0.322 e. The largest absolute Gasteiger partial charge is 0.343 e.